The number of para-hydroxylation sites is 1. The summed E-state index contributed by atoms with van der Waals surface area (Å²) in [6, 6.07) is 5.51. The second-order valence-electron chi connectivity index (χ2n) is 5.10. The largest absolute Gasteiger partial charge is 0.487 e. The Morgan fingerprint density at radius 2 is 2.26 bits per heavy atom. The standard InChI is InChI=1S/C14H20N2O3/c1-3-19-13-6-4-5-12(14(13)16(17)18)15-11-8-7-10(2)9-11/h4-6,10-11,15H,3,7-9H2,1-2H3. The van der Waals surface area contributed by atoms with E-state index < -0.39 is 0 Å². The topological polar surface area (TPSA) is 64.4 Å². The summed E-state index contributed by atoms with van der Waals surface area (Å²) >= 11 is 0. The van der Waals surface area contributed by atoms with Gasteiger partial charge in [0.15, 0.2) is 5.75 Å². The summed E-state index contributed by atoms with van der Waals surface area (Å²) in [6.07, 6.45) is 3.31. The zero-order chi connectivity index (χ0) is 13.8. The van der Waals surface area contributed by atoms with Gasteiger partial charge in [0.05, 0.1) is 11.5 Å². The van der Waals surface area contributed by atoms with Crippen LogP contribution >= 0.6 is 0 Å². The van der Waals surface area contributed by atoms with E-state index in [1.54, 1.807) is 18.2 Å². The molecule has 0 aromatic heterocycles. The molecular weight excluding hydrogens is 244 g/mol. The fraction of sp³-hybridized carbons (Fsp3) is 0.571. The maximum absolute atomic E-state index is 11.2. The molecule has 2 unspecified atom stereocenters. The van der Waals surface area contributed by atoms with Crippen molar-refractivity contribution in [1.82, 2.24) is 0 Å². The molecule has 1 aliphatic carbocycles. The van der Waals surface area contributed by atoms with Crippen molar-refractivity contribution >= 4 is 11.4 Å². The second kappa shape index (κ2) is 5.91. The van der Waals surface area contributed by atoms with Gasteiger partial charge in [-0.2, -0.15) is 0 Å². The van der Waals surface area contributed by atoms with Crippen LogP contribution in [0.15, 0.2) is 18.2 Å². The van der Waals surface area contributed by atoms with Gasteiger partial charge in [-0.05, 0) is 44.2 Å². The van der Waals surface area contributed by atoms with E-state index in [1.165, 1.54) is 6.42 Å². The number of hydrogen-bond donors (Lipinski definition) is 1. The van der Waals surface area contributed by atoms with Crippen molar-refractivity contribution < 1.29 is 9.66 Å². The zero-order valence-electron chi connectivity index (χ0n) is 11.4. The first kappa shape index (κ1) is 13.6. The van der Waals surface area contributed by atoms with Crippen molar-refractivity contribution in [2.75, 3.05) is 11.9 Å². The lowest BCUT2D eigenvalue weighted by molar-refractivity contribution is -0.385. The number of nitro groups is 1. The molecule has 2 rings (SSSR count). The van der Waals surface area contributed by atoms with Crippen LogP contribution in [0.5, 0.6) is 5.75 Å². The Labute approximate surface area is 113 Å². The fourth-order valence-electron chi connectivity index (χ4n) is 2.66. The van der Waals surface area contributed by atoms with Gasteiger partial charge in [-0.1, -0.05) is 13.0 Å². The van der Waals surface area contributed by atoms with Gasteiger partial charge < -0.3 is 10.1 Å². The second-order valence-corrected chi connectivity index (χ2v) is 5.10. The highest BCUT2D eigenvalue weighted by Gasteiger charge is 2.26. The summed E-state index contributed by atoms with van der Waals surface area (Å²) in [4.78, 5) is 10.9. The molecule has 0 saturated heterocycles. The van der Waals surface area contributed by atoms with E-state index in [4.69, 9.17) is 4.74 Å². The van der Waals surface area contributed by atoms with Crippen molar-refractivity contribution in [2.24, 2.45) is 5.92 Å². The molecule has 0 bridgehead atoms. The van der Waals surface area contributed by atoms with E-state index in [-0.39, 0.29) is 10.6 Å². The third-order valence-corrected chi connectivity index (χ3v) is 3.54. The van der Waals surface area contributed by atoms with E-state index in [2.05, 4.69) is 12.2 Å². The van der Waals surface area contributed by atoms with Gasteiger partial charge in [0, 0.05) is 6.04 Å². The van der Waals surface area contributed by atoms with Crippen LogP contribution in [0.1, 0.15) is 33.1 Å². The number of nitro benzene ring substituents is 1. The van der Waals surface area contributed by atoms with Gasteiger partial charge in [-0.3, -0.25) is 10.1 Å². The van der Waals surface area contributed by atoms with Gasteiger partial charge in [0.2, 0.25) is 0 Å². The van der Waals surface area contributed by atoms with Gasteiger partial charge in [-0.25, -0.2) is 0 Å². The van der Waals surface area contributed by atoms with Crippen LogP contribution in [-0.2, 0) is 0 Å². The average Bonchev–Trinajstić information content (AvgIpc) is 2.75. The van der Waals surface area contributed by atoms with Crippen molar-refractivity contribution in [3.63, 3.8) is 0 Å². The lowest BCUT2D eigenvalue weighted by Crippen LogP contribution is -2.16. The molecule has 19 heavy (non-hydrogen) atoms. The third-order valence-electron chi connectivity index (χ3n) is 3.54. The van der Waals surface area contributed by atoms with E-state index in [0.717, 1.165) is 12.8 Å². The third kappa shape index (κ3) is 3.16. The van der Waals surface area contributed by atoms with Crippen molar-refractivity contribution in [2.45, 2.75) is 39.2 Å². The van der Waals surface area contributed by atoms with Gasteiger partial charge in [-0.15, -0.1) is 0 Å². The van der Waals surface area contributed by atoms with Crippen LogP contribution in [0.3, 0.4) is 0 Å². The van der Waals surface area contributed by atoms with Crippen LogP contribution in [0, 0.1) is 16.0 Å². The molecule has 0 amide bonds. The minimum Gasteiger partial charge on any atom is -0.487 e. The fourth-order valence-corrected chi connectivity index (χ4v) is 2.66. The highest BCUT2D eigenvalue weighted by molar-refractivity contribution is 5.68. The number of nitrogens with one attached hydrogen (secondary N) is 1. The van der Waals surface area contributed by atoms with Crippen LogP contribution in [0.2, 0.25) is 0 Å². The Balaban J connectivity index is 2.23. The van der Waals surface area contributed by atoms with Gasteiger partial charge >= 0.3 is 5.69 Å². The summed E-state index contributed by atoms with van der Waals surface area (Å²) in [5.74, 6) is 1.02. The molecule has 2 atom stereocenters. The van der Waals surface area contributed by atoms with Crippen LogP contribution in [0.25, 0.3) is 0 Å². The zero-order valence-corrected chi connectivity index (χ0v) is 11.4. The number of nitrogens with zero attached hydrogens (tertiary/aromatic N) is 1. The van der Waals surface area contributed by atoms with Gasteiger partial charge in [0.1, 0.15) is 5.69 Å². The predicted octanol–water partition coefficient (Wildman–Crippen LogP) is 3.59. The van der Waals surface area contributed by atoms with E-state index in [9.17, 15) is 10.1 Å². The number of rotatable bonds is 5. The van der Waals surface area contributed by atoms with Crippen LogP contribution in [-0.4, -0.2) is 17.6 Å². The van der Waals surface area contributed by atoms with Crippen LogP contribution < -0.4 is 10.1 Å². The molecule has 104 valence electrons. The Bertz CT molecular complexity index is 462. The van der Waals surface area contributed by atoms with Crippen molar-refractivity contribution in [3.8, 4) is 5.75 Å². The lowest BCUT2D eigenvalue weighted by Gasteiger charge is -2.15. The number of ether oxygens (including phenoxy) is 1. The monoisotopic (exact) mass is 264 g/mol. The Morgan fingerprint density at radius 1 is 1.47 bits per heavy atom. The molecule has 0 spiro atoms. The Morgan fingerprint density at radius 3 is 2.84 bits per heavy atom. The molecule has 5 heteroatoms. The maximum Gasteiger partial charge on any atom is 0.333 e. The summed E-state index contributed by atoms with van der Waals surface area (Å²) < 4.78 is 5.34. The van der Waals surface area contributed by atoms with E-state index in [1.807, 2.05) is 6.92 Å². The SMILES string of the molecule is CCOc1cccc(NC2CCC(C)C2)c1[N+](=O)[O-]. The average molecular weight is 264 g/mol. The molecule has 1 aromatic rings. The summed E-state index contributed by atoms with van der Waals surface area (Å²) in [7, 11) is 0. The molecule has 1 aromatic carbocycles. The lowest BCUT2D eigenvalue weighted by atomic mass is 10.1. The first-order valence-corrected chi connectivity index (χ1v) is 6.78. The molecule has 1 aliphatic rings. The normalized spacial score (nSPS) is 22.2. The van der Waals surface area contributed by atoms with Crippen LogP contribution in [0.4, 0.5) is 11.4 Å². The summed E-state index contributed by atoms with van der Waals surface area (Å²) in [5, 5.41) is 14.5. The van der Waals surface area contributed by atoms with Crippen molar-refractivity contribution in [1.29, 1.82) is 0 Å². The smallest absolute Gasteiger partial charge is 0.333 e. The minimum absolute atomic E-state index is 0.0453. The molecule has 0 heterocycles. The first-order chi connectivity index (χ1) is 9.11. The predicted molar refractivity (Wildman–Crippen MR) is 74.7 cm³/mol. The molecule has 0 radical (unpaired) electrons. The van der Waals surface area contributed by atoms with Gasteiger partial charge in [0.25, 0.3) is 0 Å². The number of benzene rings is 1. The Kier molecular flexibility index (Phi) is 4.24. The van der Waals surface area contributed by atoms with Crippen molar-refractivity contribution in [3.05, 3.63) is 28.3 Å². The minimum atomic E-state index is -0.369. The highest BCUT2D eigenvalue weighted by Crippen LogP contribution is 2.37. The molecule has 1 fully saturated rings. The maximum atomic E-state index is 11.2. The molecular formula is C14H20N2O3. The number of hydrogen-bond acceptors (Lipinski definition) is 4. The van der Waals surface area contributed by atoms with E-state index >= 15 is 0 Å². The Hall–Kier alpha value is -1.78. The summed E-state index contributed by atoms with van der Waals surface area (Å²) in [5.41, 5.74) is 0.610. The highest BCUT2D eigenvalue weighted by atomic mass is 16.6. The molecule has 5 nitrogen and oxygen atoms in total. The molecule has 1 saturated carbocycles. The first-order valence-electron chi connectivity index (χ1n) is 6.78. The number of anilines is 1. The molecule has 0 aliphatic heterocycles. The molecule has 1 N–H and O–H groups in total. The summed E-state index contributed by atoms with van der Waals surface area (Å²) in [6.45, 7) is 4.46. The van der Waals surface area contributed by atoms with E-state index in [0.29, 0.717) is 30.0 Å². The quantitative estimate of drug-likeness (QED) is 0.652.